The van der Waals surface area contributed by atoms with Crippen molar-refractivity contribution in [2.45, 2.75) is 32.8 Å². The molecule has 0 radical (unpaired) electrons. The lowest BCUT2D eigenvalue weighted by atomic mass is 10.1. The molecule has 0 saturated carbocycles. The Bertz CT molecular complexity index is 683. The maximum absolute atomic E-state index is 12.5. The van der Waals surface area contributed by atoms with Crippen LogP contribution in [0.2, 0.25) is 0 Å². The summed E-state index contributed by atoms with van der Waals surface area (Å²) in [4.78, 5) is 18.4. The largest absolute Gasteiger partial charge is 0.488 e. The van der Waals surface area contributed by atoms with E-state index in [9.17, 15) is 4.79 Å². The number of benzene rings is 1. The van der Waals surface area contributed by atoms with Crippen LogP contribution in [0.4, 0.5) is 10.5 Å². The third-order valence-corrected chi connectivity index (χ3v) is 4.09. The topological polar surface area (TPSA) is 54.5 Å². The molecule has 1 aliphatic rings. The van der Waals surface area contributed by atoms with Gasteiger partial charge in [-0.05, 0) is 62.1 Å². The number of hydrogen-bond donors (Lipinski definition) is 1. The molecule has 2 aromatic rings. The molecule has 1 unspecified atom stereocenters. The summed E-state index contributed by atoms with van der Waals surface area (Å²) in [7, 11) is 0. The van der Waals surface area contributed by atoms with E-state index in [0.717, 1.165) is 42.0 Å². The number of likely N-dealkylation sites (tertiary alicyclic amines) is 1. The monoisotopic (exact) mass is 325 g/mol. The van der Waals surface area contributed by atoms with Gasteiger partial charge >= 0.3 is 6.03 Å². The Balaban J connectivity index is 1.60. The molecule has 0 aliphatic carbocycles. The summed E-state index contributed by atoms with van der Waals surface area (Å²) >= 11 is 0. The second kappa shape index (κ2) is 7.34. The minimum atomic E-state index is -0.0666. The summed E-state index contributed by atoms with van der Waals surface area (Å²) in [5.41, 5.74) is 3.13. The highest BCUT2D eigenvalue weighted by molar-refractivity contribution is 5.89. The van der Waals surface area contributed by atoms with Crippen LogP contribution in [-0.2, 0) is 0 Å². The average molecular weight is 325 g/mol. The maximum atomic E-state index is 12.5. The second-order valence-electron chi connectivity index (χ2n) is 6.32. The molecule has 1 N–H and O–H groups in total. The minimum Gasteiger partial charge on any atom is -0.488 e. The molecule has 3 rings (SSSR count). The SMILES string of the molecule is Cc1cc(C)cc(NC(=O)N2CCCC(Oc3ccncc3)C2)c1. The summed E-state index contributed by atoms with van der Waals surface area (Å²) in [6, 6.07) is 9.68. The first-order chi connectivity index (χ1) is 11.6. The number of aromatic nitrogens is 1. The lowest BCUT2D eigenvalue weighted by molar-refractivity contribution is 0.106. The van der Waals surface area contributed by atoms with E-state index in [0.29, 0.717) is 6.54 Å². The molecule has 0 spiro atoms. The molecule has 2 amide bonds. The fraction of sp³-hybridized carbons (Fsp3) is 0.368. The number of aryl methyl sites for hydroxylation is 2. The molecule has 24 heavy (non-hydrogen) atoms. The number of urea groups is 1. The molecule has 1 aliphatic heterocycles. The van der Waals surface area contributed by atoms with Crippen LogP contribution < -0.4 is 10.1 Å². The fourth-order valence-corrected chi connectivity index (χ4v) is 3.08. The number of hydrogen-bond acceptors (Lipinski definition) is 3. The van der Waals surface area contributed by atoms with E-state index in [-0.39, 0.29) is 12.1 Å². The normalized spacial score (nSPS) is 17.4. The summed E-state index contributed by atoms with van der Waals surface area (Å²) in [6.07, 6.45) is 5.34. The van der Waals surface area contributed by atoms with Crippen LogP contribution in [0.15, 0.2) is 42.7 Å². The Hall–Kier alpha value is -2.56. The minimum absolute atomic E-state index is 0.0196. The molecule has 126 valence electrons. The van der Waals surface area contributed by atoms with Crippen LogP contribution in [0.1, 0.15) is 24.0 Å². The number of ether oxygens (including phenoxy) is 1. The van der Waals surface area contributed by atoms with Crippen molar-refractivity contribution >= 4 is 11.7 Å². The van der Waals surface area contributed by atoms with E-state index in [4.69, 9.17) is 4.74 Å². The highest BCUT2D eigenvalue weighted by Crippen LogP contribution is 2.19. The van der Waals surface area contributed by atoms with Gasteiger partial charge in [0.1, 0.15) is 11.9 Å². The zero-order valence-electron chi connectivity index (χ0n) is 14.2. The van der Waals surface area contributed by atoms with Gasteiger partial charge in [0.15, 0.2) is 0 Å². The predicted octanol–water partition coefficient (Wildman–Crippen LogP) is 3.77. The van der Waals surface area contributed by atoms with Crippen LogP contribution in [-0.4, -0.2) is 35.1 Å². The molecule has 2 heterocycles. The van der Waals surface area contributed by atoms with Crippen molar-refractivity contribution in [1.82, 2.24) is 9.88 Å². The van der Waals surface area contributed by atoms with Gasteiger partial charge in [-0.15, -0.1) is 0 Å². The van der Waals surface area contributed by atoms with Gasteiger partial charge in [-0.2, -0.15) is 0 Å². The van der Waals surface area contributed by atoms with Crippen molar-refractivity contribution in [3.63, 3.8) is 0 Å². The van der Waals surface area contributed by atoms with E-state index >= 15 is 0 Å². The number of anilines is 1. The van der Waals surface area contributed by atoms with Gasteiger partial charge in [-0.1, -0.05) is 6.07 Å². The maximum Gasteiger partial charge on any atom is 0.321 e. The molecular weight excluding hydrogens is 302 g/mol. The average Bonchev–Trinajstić information content (AvgIpc) is 2.55. The van der Waals surface area contributed by atoms with Gasteiger partial charge in [0.05, 0.1) is 6.54 Å². The lowest BCUT2D eigenvalue weighted by Gasteiger charge is -2.33. The van der Waals surface area contributed by atoms with Gasteiger partial charge in [0.25, 0.3) is 0 Å². The third kappa shape index (κ3) is 4.25. The molecule has 1 aromatic carbocycles. The Morgan fingerprint density at radius 3 is 2.62 bits per heavy atom. The first-order valence-electron chi connectivity index (χ1n) is 8.31. The standard InChI is InChI=1S/C19H23N3O2/c1-14-10-15(2)12-16(11-14)21-19(23)22-9-3-4-18(13-22)24-17-5-7-20-8-6-17/h5-8,10-12,18H,3-4,9,13H2,1-2H3,(H,21,23). The number of rotatable bonds is 3. The van der Waals surface area contributed by atoms with Crippen molar-refractivity contribution < 1.29 is 9.53 Å². The van der Waals surface area contributed by atoms with E-state index in [1.807, 2.05) is 43.0 Å². The number of pyridine rings is 1. The summed E-state index contributed by atoms with van der Waals surface area (Å²) in [5.74, 6) is 0.798. The summed E-state index contributed by atoms with van der Waals surface area (Å²) in [6.45, 7) is 5.41. The zero-order chi connectivity index (χ0) is 16.9. The second-order valence-corrected chi connectivity index (χ2v) is 6.32. The van der Waals surface area contributed by atoms with Gasteiger partial charge < -0.3 is 15.0 Å². The van der Waals surface area contributed by atoms with Gasteiger partial charge in [-0.25, -0.2) is 4.79 Å². The molecule has 1 saturated heterocycles. The number of nitrogens with one attached hydrogen (secondary N) is 1. The number of amides is 2. The number of piperidine rings is 1. The van der Waals surface area contributed by atoms with Crippen LogP contribution in [0.25, 0.3) is 0 Å². The zero-order valence-corrected chi connectivity index (χ0v) is 14.2. The van der Waals surface area contributed by atoms with Crippen molar-refractivity contribution in [1.29, 1.82) is 0 Å². The van der Waals surface area contributed by atoms with Crippen molar-refractivity contribution in [2.75, 3.05) is 18.4 Å². The Morgan fingerprint density at radius 2 is 1.92 bits per heavy atom. The first kappa shape index (κ1) is 16.3. The molecule has 1 aromatic heterocycles. The molecule has 1 atom stereocenters. The summed E-state index contributed by atoms with van der Waals surface area (Å²) in [5, 5.41) is 3.00. The van der Waals surface area contributed by atoms with Crippen molar-refractivity contribution in [3.05, 3.63) is 53.9 Å². The van der Waals surface area contributed by atoms with Gasteiger partial charge in [0.2, 0.25) is 0 Å². The highest BCUT2D eigenvalue weighted by atomic mass is 16.5. The number of carbonyl (C=O) groups excluding carboxylic acids is 1. The van der Waals surface area contributed by atoms with Crippen LogP contribution in [0, 0.1) is 13.8 Å². The van der Waals surface area contributed by atoms with E-state index in [2.05, 4.69) is 16.4 Å². The van der Waals surface area contributed by atoms with Crippen LogP contribution in [0.5, 0.6) is 5.75 Å². The fourth-order valence-electron chi connectivity index (χ4n) is 3.08. The van der Waals surface area contributed by atoms with E-state index in [1.165, 1.54) is 0 Å². The van der Waals surface area contributed by atoms with Crippen molar-refractivity contribution in [2.24, 2.45) is 0 Å². The Morgan fingerprint density at radius 1 is 1.21 bits per heavy atom. The van der Waals surface area contributed by atoms with Crippen LogP contribution in [0.3, 0.4) is 0 Å². The first-order valence-corrected chi connectivity index (χ1v) is 8.31. The summed E-state index contributed by atoms with van der Waals surface area (Å²) < 4.78 is 5.96. The third-order valence-electron chi connectivity index (χ3n) is 4.09. The van der Waals surface area contributed by atoms with Crippen LogP contribution >= 0.6 is 0 Å². The highest BCUT2D eigenvalue weighted by Gasteiger charge is 2.25. The molecule has 0 bridgehead atoms. The van der Waals surface area contributed by atoms with Gasteiger partial charge in [-0.3, -0.25) is 4.98 Å². The van der Waals surface area contributed by atoms with Gasteiger partial charge in [0, 0.05) is 24.6 Å². The number of carbonyl (C=O) groups is 1. The van der Waals surface area contributed by atoms with E-state index < -0.39 is 0 Å². The smallest absolute Gasteiger partial charge is 0.321 e. The molecular formula is C19H23N3O2. The quantitative estimate of drug-likeness (QED) is 0.934. The predicted molar refractivity (Wildman–Crippen MR) is 94.4 cm³/mol. The Kier molecular flexibility index (Phi) is 4.99. The van der Waals surface area contributed by atoms with Crippen molar-refractivity contribution in [3.8, 4) is 5.75 Å². The molecule has 5 heteroatoms. The number of nitrogens with zero attached hydrogens (tertiary/aromatic N) is 2. The van der Waals surface area contributed by atoms with E-state index in [1.54, 1.807) is 12.4 Å². The Labute approximate surface area is 142 Å². The molecule has 1 fully saturated rings. The molecule has 5 nitrogen and oxygen atoms in total. The lowest BCUT2D eigenvalue weighted by Crippen LogP contribution is -2.46.